The van der Waals surface area contributed by atoms with Gasteiger partial charge in [-0.25, -0.2) is 4.79 Å². The number of carboxylic acid groups (broad SMARTS) is 1. The second-order valence-electron chi connectivity index (χ2n) is 8.10. The third kappa shape index (κ3) is 4.34. The number of carbonyl (C=O) groups is 2. The van der Waals surface area contributed by atoms with Gasteiger partial charge in [-0.2, -0.15) is 0 Å². The van der Waals surface area contributed by atoms with E-state index in [0.29, 0.717) is 13.0 Å². The van der Waals surface area contributed by atoms with Gasteiger partial charge in [0, 0.05) is 24.7 Å². The zero-order valence-corrected chi connectivity index (χ0v) is 17.3. The van der Waals surface area contributed by atoms with Crippen LogP contribution in [0.5, 0.6) is 5.75 Å². The Labute approximate surface area is 170 Å². The van der Waals surface area contributed by atoms with Crippen LogP contribution >= 0.6 is 0 Å². The van der Waals surface area contributed by atoms with Crippen LogP contribution in [0.2, 0.25) is 0 Å². The molecular weight excluding hydrogens is 370 g/mol. The number of anilines is 1. The van der Waals surface area contributed by atoms with Crippen LogP contribution in [0.4, 0.5) is 10.5 Å². The Morgan fingerprint density at radius 1 is 1.28 bits per heavy atom. The van der Waals surface area contributed by atoms with Crippen LogP contribution in [0.25, 0.3) is 0 Å². The number of nitrogens with zero attached hydrogens (tertiary/aromatic N) is 3. The fourth-order valence-corrected chi connectivity index (χ4v) is 3.75. The summed E-state index contributed by atoms with van der Waals surface area (Å²) in [7, 11) is 1.62. The molecule has 0 radical (unpaired) electrons. The maximum absolute atomic E-state index is 13.4. The summed E-state index contributed by atoms with van der Waals surface area (Å²) in [4.78, 5) is 32.7. The van der Waals surface area contributed by atoms with Crippen LogP contribution in [-0.2, 0) is 17.6 Å². The maximum Gasteiger partial charge on any atom is 0.408 e. The lowest BCUT2D eigenvalue weighted by molar-refractivity contribution is -0.125. The highest BCUT2D eigenvalue weighted by molar-refractivity contribution is 6.01. The lowest BCUT2D eigenvalue weighted by Gasteiger charge is -2.43. The minimum absolute atomic E-state index is 0.212. The van der Waals surface area contributed by atoms with Crippen LogP contribution in [-0.4, -0.2) is 52.2 Å². The van der Waals surface area contributed by atoms with Crippen molar-refractivity contribution in [3.8, 4) is 5.75 Å². The zero-order chi connectivity index (χ0) is 21.2. The van der Waals surface area contributed by atoms with Gasteiger partial charge in [0.05, 0.1) is 18.5 Å². The van der Waals surface area contributed by atoms with Gasteiger partial charge in [-0.05, 0) is 57.0 Å². The van der Waals surface area contributed by atoms with Crippen LogP contribution in [0.1, 0.15) is 32.0 Å². The van der Waals surface area contributed by atoms with E-state index < -0.39 is 17.7 Å². The molecule has 1 N–H and O–H groups in total. The molecule has 1 atom stereocenters. The summed E-state index contributed by atoms with van der Waals surface area (Å²) in [6.07, 6.45) is 1.48. The van der Waals surface area contributed by atoms with Crippen molar-refractivity contribution in [2.24, 2.45) is 0 Å². The minimum atomic E-state index is -1.11. The molecule has 1 unspecified atom stereocenters. The van der Waals surface area contributed by atoms with E-state index in [9.17, 15) is 14.7 Å². The van der Waals surface area contributed by atoms with Gasteiger partial charge >= 0.3 is 6.09 Å². The minimum Gasteiger partial charge on any atom is -0.497 e. The molecular formula is C22H27N3O4. The lowest BCUT2D eigenvalue weighted by Crippen LogP contribution is -2.60. The van der Waals surface area contributed by atoms with E-state index in [1.807, 2.05) is 30.3 Å². The number of aromatic nitrogens is 1. The van der Waals surface area contributed by atoms with Crippen molar-refractivity contribution < 1.29 is 19.4 Å². The Morgan fingerprint density at radius 2 is 1.97 bits per heavy atom. The molecule has 2 amide bonds. The summed E-state index contributed by atoms with van der Waals surface area (Å²) in [5.74, 6) is 0.566. The number of rotatable bonds is 5. The number of hydrogen-bond acceptors (Lipinski definition) is 4. The van der Waals surface area contributed by atoms with Crippen LogP contribution in [0.15, 0.2) is 42.6 Å². The number of methoxy groups -OCH3 is 1. The molecule has 1 aliphatic heterocycles. The summed E-state index contributed by atoms with van der Waals surface area (Å²) >= 11 is 0. The number of carbonyl (C=O) groups excluding carboxylic acids is 1. The number of amides is 2. The molecule has 1 aromatic heterocycles. The van der Waals surface area contributed by atoms with E-state index in [0.717, 1.165) is 22.7 Å². The smallest absolute Gasteiger partial charge is 0.408 e. The van der Waals surface area contributed by atoms with Gasteiger partial charge < -0.3 is 14.7 Å². The molecule has 3 rings (SSSR count). The van der Waals surface area contributed by atoms with E-state index in [4.69, 9.17) is 4.74 Å². The van der Waals surface area contributed by atoms with Crippen molar-refractivity contribution in [2.45, 2.75) is 45.2 Å². The Hall–Kier alpha value is -3.09. The Balaban J connectivity index is 1.90. The molecule has 154 valence electrons. The van der Waals surface area contributed by atoms with Gasteiger partial charge in [-0.1, -0.05) is 12.1 Å². The summed E-state index contributed by atoms with van der Waals surface area (Å²) < 4.78 is 5.19. The molecule has 2 heterocycles. The molecule has 0 saturated carbocycles. The van der Waals surface area contributed by atoms with E-state index >= 15 is 0 Å². The first-order chi connectivity index (χ1) is 13.7. The number of hydrogen-bond donors (Lipinski definition) is 1. The van der Waals surface area contributed by atoms with Gasteiger partial charge in [0.25, 0.3) is 0 Å². The summed E-state index contributed by atoms with van der Waals surface area (Å²) in [6, 6.07) is 10.6. The molecule has 0 saturated heterocycles. The van der Waals surface area contributed by atoms with Crippen molar-refractivity contribution in [2.75, 3.05) is 18.6 Å². The molecule has 29 heavy (non-hydrogen) atoms. The van der Waals surface area contributed by atoms with Crippen molar-refractivity contribution in [3.05, 3.63) is 53.9 Å². The van der Waals surface area contributed by atoms with Crippen LogP contribution in [0.3, 0.4) is 0 Å². The molecule has 7 heteroatoms. The van der Waals surface area contributed by atoms with Crippen LogP contribution < -0.4 is 9.64 Å². The normalized spacial score (nSPS) is 16.3. The summed E-state index contributed by atoms with van der Waals surface area (Å²) in [5, 5.41) is 9.79. The predicted molar refractivity (Wildman–Crippen MR) is 110 cm³/mol. The van der Waals surface area contributed by atoms with Gasteiger partial charge in [0.15, 0.2) is 0 Å². The number of benzene rings is 1. The highest BCUT2D eigenvalue weighted by atomic mass is 16.5. The second-order valence-corrected chi connectivity index (χ2v) is 8.10. The quantitative estimate of drug-likeness (QED) is 0.836. The van der Waals surface area contributed by atoms with Crippen molar-refractivity contribution in [1.82, 2.24) is 9.88 Å². The average Bonchev–Trinajstić information content (AvgIpc) is 2.67. The van der Waals surface area contributed by atoms with Gasteiger partial charge in [0.2, 0.25) is 5.91 Å². The van der Waals surface area contributed by atoms with Crippen molar-refractivity contribution >= 4 is 17.7 Å². The largest absolute Gasteiger partial charge is 0.497 e. The first kappa shape index (κ1) is 20.6. The van der Waals surface area contributed by atoms with Crippen LogP contribution in [0, 0.1) is 0 Å². The van der Waals surface area contributed by atoms with Crippen molar-refractivity contribution in [3.63, 3.8) is 0 Å². The Bertz CT molecular complexity index is 890. The molecule has 1 aromatic carbocycles. The fourth-order valence-electron chi connectivity index (χ4n) is 3.75. The van der Waals surface area contributed by atoms with Gasteiger partial charge in [-0.3, -0.25) is 14.7 Å². The Morgan fingerprint density at radius 3 is 2.55 bits per heavy atom. The van der Waals surface area contributed by atoms with E-state index in [1.165, 1.54) is 4.90 Å². The molecule has 0 spiro atoms. The SMILES string of the molecule is COc1ccc(CCN2C(=O)C(N(C(=O)O)C(C)(C)C)Cc3ncccc32)cc1. The lowest BCUT2D eigenvalue weighted by atomic mass is 9.95. The first-order valence-electron chi connectivity index (χ1n) is 9.63. The highest BCUT2D eigenvalue weighted by Gasteiger charge is 2.43. The third-order valence-corrected chi connectivity index (χ3v) is 5.12. The van der Waals surface area contributed by atoms with Gasteiger partial charge in [-0.15, -0.1) is 0 Å². The first-order valence-corrected chi connectivity index (χ1v) is 9.63. The monoisotopic (exact) mass is 397 g/mol. The van der Waals surface area contributed by atoms with Gasteiger partial charge in [0.1, 0.15) is 11.8 Å². The average molecular weight is 397 g/mol. The Kier molecular flexibility index (Phi) is 5.77. The number of fused-ring (bicyclic) bond motifs is 1. The zero-order valence-electron chi connectivity index (χ0n) is 17.3. The highest BCUT2D eigenvalue weighted by Crippen LogP contribution is 2.31. The summed E-state index contributed by atoms with van der Waals surface area (Å²) in [6.45, 7) is 5.83. The number of ether oxygens (including phenoxy) is 1. The standard InChI is InChI=1S/C22H27N3O4/c1-22(2,3)25(21(27)28)19-14-17-18(6-5-12-23-17)24(20(19)26)13-11-15-7-9-16(29-4)10-8-15/h5-10,12,19H,11,13-14H2,1-4H3,(H,27,28). The third-order valence-electron chi connectivity index (χ3n) is 5.12. The van der Waals surface area contributed by atoms with E-state index in [1.54, 1.807) is 45.0 Å². The maximum atomic E-state index is 13.4. The molecule has 2 aromatic rings. The van der Waals surface area contributed by atoms with E-state index in [-0.39, 0.29) is 12.3 Å². The molecule has 1 aliphatic rings. The second kappa shape index (κ2) is 8.11. The predicted octanol–water partition coefficient (Wildman–Crippen LogP) is 3.37. The van der Waals surface area contributed by atoms with E-state index in [2.05, 4.69) is 4.98 Å². The molecule has 0 bridgehead atoms. The fraction of sp³-hybridized carbons (Fsp3) is 0.409. The molecule has 0 fully saturated rings. The topological polar surface area (TPSA) is 83.0 Å². The summed E-state index contributed by atoms with van der Waals surface area (Å²) in [5.41, 5.74) is 1.85. The number of pyridine rings is 1. The van der Waals surface area contributed by atoms with Crippen molar-refractivity contribution in [1.29, 1.82) is 0 Å². The molecule has 7 nitrogen and oxygen atoms in total. The molecule has 0 aliphatic carbocycles.